The molecule has 1 fully saturated rings. The van der Waals surface area contributed by atoms with Crippen LogP contribution in [0, 0.1) is 12.8 Å². The molecule has 26 heavy (non-hydrogen) atoms. The average Bonchev–Trinajstić information content (AvgIpc) is 2.67. The summed E-state index contributed by atoms with van der Waals surface area (Å²) in [5.74, 6) is -0.0459. The van der Waals surface area contributed by atoms with Crippen LogP contribution in [0.5, 0.6) is 0 Å². The largest absolute Gasteiger partial charge is 0.338 e. The lowest BCUT2D eigenvalue weighted by atomic mass is 9.88. The molecule has 1 heterocycles. The molecule has 5 heteroatoms. The van der Waals surface area contributed by atoms with Gasteiger partial charge in [-0.2, -0.15) is 0 Å². The molecule has 0 unspecified atom stereocenters. The Hall–Kier alpha value is -1.78. The minimum Gasteiger partial charge on any atom is -0.338 e. The van der Waals surface area contributed by atoms with Crippen molar-refractivity contribution in [3.63, 3.8) is 0 Å². The number of nitrogens with zero attached hydrogens (tertiary/aromatic N) is 1. The fourth-order valence-electron chi connectivity index (χ4n) is 3.42. The van der Waals surface area contributed by atoms with Gasteiger partial charge in [0.25, 0.3) is 5.91 Å². The van der Waals surface area contributed by atoms with E-state index in [0.717, 1.165) is 23.3 Å². The van der Waals surface area contributed by atoms with Crippen molar-refractivity contribution in [2.24, 2.45) is 5.92 Å². The first-order valence-corrected chi connectivity index (χ1v) is 10.3. The van der Waals surface area contributed by atoms with E-state index in [1.54, 1.807) is 23.9 Å². The molecule has 1 saturated heterocycles. The Bertz CT molecular complexity index is 819. The summed E-state index contributed by atoms with van der Waals surface area (Å²) < 4.78 is 0. The lowest BCUT2D eigenvalue weighted by Crippen LogP contribution is -2.42. The molecule has 1 atom stereocenters. The van der Waals surface area contributed by atoms with Crippen LogP contribution in [0.25, 0.3) is 0 Å². The first-order chi connectivity index (χ1) is 12.5. The van der Waals surface area contributed by atoms with Crippen molar-refractivity contribution < 1.29 is 9.59 Å². The van der Waals surface area contributed by atoms with Gasteiger partial charge in [-0.15, -0.1) is 11.8 Å². The number of hydrogen-bond acceptors (Lipinski definition) is 3. The number of carbonyl (C=O) groups excluding carboxylic acids is 2. The van der Waals surface area contributed by atoms with Crippen molar-refractivity contribution in [2.75, 3.05) is 19.3 Å². The number of amides is 1. The molecule has 136 valence electrons. The third-order valence-electron chi connectivity index (χ3n) is 4.87. The van der Waals surface area contributed by atoms with Crippen molar-refractivity contribution in [3.8, 4) is 0 Å². The average molecular weight is 388 g/mol. The zero-order valence-electron chi connectivity index (χ0n) is 15.0. The Balaban J connectivity index is 1.73. The second kappa shape index (κ2) is 8.28. The van der Waals surface area contributed by atoms with Crippen molar-refractivity contribution in [2.45, 2.75) is 24.7 Å². The Morgan fingerprint density at radius 3 is 2.54 bits per heavy atom. The van der Waals surface area contributed by atoms with E-state index in [-0.39, 0.29) is 17.6 Å². The molecule has 3 rings (SSSR count). The number of piperidine rings is 1. The number of halogens is 1. The molecule has 1 aliphatic heterocycles. The van der Waals surface area contributed by atoms with Gasteiger partial charge in [-0.25, -0.2) is 0 Å². The van der Waals surface area contributed by atoms with Crippen molar-refractivity contribution in [1.29, 1.82) is 0 Å². The molecule has 0 bridgehead atoms. The molecule has 1 amide bonds. The van der Waals surface area contributed by atoms with Gasteiger partial charge < -0.3 is 4.90 Å². The summed E-state index contributed by atoms with van der Waals surface area (Å²) in [5.41, 5.74) is 2.27. The summed E-state index contributed by atoms with van der Waals surface area (Å²) in [6.07, 6.45) is 3.67. The van der Waals surface area contributed by atoms with Crippen molar-refractivity contribution in [1.82, 2.24) is 4.90 Å². The highest BCUT2D eigenvalue weighted by Crippen LogP contribution is 2.25. The van der Waals surface area contributed by atoms with E-state index in [4.69, 9.17) is 11.6 Å². The van der Waals surface area contributed by atoms with Crippen molar-refractivity contribution in [3.05, 3.63) is 64.2 Å². The SMILES string of the molecule is CSc1ccc(C(=O)N2CCC[C@@H](C(=O)c3ccc(Cl)cc3C)C2)cc1. The fourth-order valence-corrected chi connectivity index (χ4v) is 4.05. The summed E-state index contributed by atoms with van der Waals surface area (Å²) in [7, 11) is 0. The van der Waals surface area contributed by atoms with E-state index in [1.165, 1.54) is 0 Å². The second-order valence-electron chi connectivity index (χ2n) is 6.64. The van der Waals surface area contributed by atoms with Crippen LogP contribution in [-0.4, -0.2) is 35.9 Å². The molecule has 2 aromatic carbocycles. The summed E-state index contributed by atoms with van der Waals surface area (Å²) in [5, 5.41) is 0.633. The minimum atomic E-state index is -0.155. The molecular formula is C21H22ClNO2S. The minimum absolute atomic E-state index is 0.00276. The summed E-state index contributed by atoms with van der Waals surface area (Å²) in [6, 6.07) is 13.0. The lowest BCUT2D eigenvalue weighted by Gasteiger charge is -2.32. The lowest BCUT2D eigenvalue weighted by molar-refractivity contribution is 0.0637. The van der Waals surface area contributed by atoms with Crippen LogP contribution < -0.4 is 0 Å². The van der Waals surface area contributed by atoms with E-state index in [9.17, 15) is 9.59 Å². The van der Waals surface area contributed by atoms with Crippen LogP contribution in [0.15, 0.2) is 47.4 Å². The topological polar surface area (TPSA) is 37.4 Å². The molecule has 0 aromatic heterocycles. The number of carbonyl (C=O) groups is 2. The molecule has 0 saturated carbocycles. The number of thioether (sulfide) groups is 1. The fraction of sp³-hybridized carbons (Fsp3) is 0.333. The first-order valence-electron chi connectivity index (χ1n) is 8.73. The van der Waals surface area contributed by atoms with Crippen LogP contribution in [-0.2, 0) is 0 Å². The third kappa shape index (κ3) is 4.13. The highest BCUT2D eigenvalue weighted by molar-refractivity contribution is 7.98. The smallest absolute Gasteiger partial charge is 0.253 e. The number of hydrogen-bond donors (Lipinski definition) is 0. The van der Waals surface area contributed by atoms with E-state index < -0.39 is 0 Å². The quantitative estimate of drug-likeness (QED) is 0.540. The summed E-state index contributed by atoms with van der Waals surface area (Å²) >= 11 is 7.65. The summed E-state index contributed by atoms with van der Waals surface area (Å²) in [4.78, 5) is 28.7. The molecule has 1 aliphatic rings. The molecular weight excluding hydrogens is 366 g/mol. The molecule has 0 N–H and O–H groups in total. The van der Waals surface area contributed by atoms with Gasteiger partial charge in [-0.3, -0.25) is 9.59 Å². The number of aryl methyl sites for hydroxylation is 1. The van der Waals surface area contributed by atoms with Gasteiger partial charge in [-0.05, 0) is 74.0 Å². The Morgan fingerprint density at radius 2 is 1.88 bits per heavy atom. The molecule has 0 radical (unpaired) electrons. The first kappa shape index (κ1) is 19.0. The number of benzene rings is 2. The van der Waals surface area contributed by atoms with Gasteiger partial charge in [0.05, 0.1) is 0 Å². The zero-order valence-corrected chi connectivity index (χ0v) is 16.6. The van der Waals surface area contributed by atoms with Gasteiger partial charge in [0.1, 0.15) is 0 Å². The van der Waals surface area contributed by atoms with Gasteiger partial charge in [0, 0.05) is 40.1 Å². The number of rotatable bonds is 4. The van der Waals surface area contributed by atoms with Crippen LogP contribution in [0.3, 0.4) is 0 Å². The highest BCUT2D eigenvalue weighted by atomic mass is 35.5. The standard InChI is InChI=1S/C21H22ClNO2S/c1-14-12-17(22)7-10-19(14)20(24)16-4-3-11-23(13-16)21(25)15-5-8-18(26-2)9-6-15/h5-10,12,16H,3-4,11,13H2,1-2H3/t16-/m1/s1. The van der Waals surface area contributed by atoms with E-state index in [0.29, 0.717) is 29.2 Å². The van der Waals surface area contributed by atoms with Crippen LogP contribution in [0.1, 0.15) is 39.1 Å². The molecule has 3 nitrogen and oxygen atoms in total. The van der Waals surface area contributed by atoms with Crippen LogP contribution >= 0.6 is 23.4 Å². The highest BCUT2D eigenvalue weighted by Gasteiger charge is 2.30. The van der Waals surface area contributed by atoms with Gasteiger partial charge in [0.2, 0.25) is 0 Å². The molecule has 0 aliphatic carbocycles. The monoisotopic (exact) mass is 387 g/mol. The number of ketones is 1. The van der Waals surface area contributed by atoms with E-state index in [2.05, 4.69) is 0 Å². The third-order valence-corrected chi connectivity index (χ3v) is 5.85. The maximum Gasteiger partial charge on any atom is 0.253 e. The maximum absolute atomic E-state index is 12.9. The van der Waals surface area contributed by atoms with E-state index >= 15 is 0 Å². The number of likely N-dealkylation sites (tertiary alicyclic amines) is 1. The number of Topliss-reactive ketones (excluding diaryl/α,β-unsaturated/α-hetero) is 1. The molecule has 0 spiro atoms. The Kier molecular flexibility index (Phi) is 6.05. The Labute approximate surface area is 163 Å². The summed E-state index contributed by atoms with van der Waals surface area (Å²) in [6.45, 7) is 3.08. The van der Waals surface area contributed by atoms with Gasteiger partial charge in [-0.1, -0.05) is 11.6 Å². The van der Waals surface area contributed by atoms with Crippen LogP contribution in [0.4, 0.5) is 0 Å². The normalized spacial score (nSPS) is 17.2. The van der Waals surface area contributed by atoms with Gasteiger partial charge >= 0.3 is 0 Å². The van der Waals surface area contributed by atoms with Gasteiger partial charge in [0.15, 0.2) is 5.78 Å². The van der Waals surface area contributed by atoms with E-state index in [1.807, 2.05) is 48.4 Å². The maximum atomic E-state index is 12.9. The second-order valence-corrected chi connectivity index (χ2v) is 7.96. The zero-order chi connectivity index (χ0) is 18.7. The predicted octanol–water partition coefficient (Wildman–Crippen LogP) is 5.11. The van der Waals surface area contributed by atoms with Crippen LogP contribution in [0.2, 0.25) is 5.02 Å². The van der Waals surface area contributed by atoms with Crippen molar-refractivity contribution >= 4 is 35.1 Å². The predicted molar refractivity (Wildman–Crippen MR) is 107 cm³/mol. The molecule has 2 aromatic rings. The Morgan fingerprint density at radius 1 is 1.15 bits per heavy atom.